The number of nitrogens with zero attached hydrogens (tertiary/aromatic N) is 2. The molecule has 0 radical (unpaired) electrons. The Kier molecular flexibility index (Phi) is 12.5. The zero-order valence-corrected chi connectivity index (χ0v) is 26.3. The maximum atomic E-state index is 11.2. The number of rotatable bonds is 16. The third-order valence-electron chi connectivity index (χ3n) is 8.60. The highest BCUT2D eigenvalue weighted by Gasteiger charge is 2.23. The summed E-state index contributed by atoms with van der Waals surface area (Å²) in [6.07, 6.45) is 6.26. The Balaban J connectivity index is 1.32. The van der Waals surface area contributed by atoms with Crippen molar-refractivity contribution in [3.05, 3.63) is 167 Å². The Morgan fingerprint density at radius 2 is 0.957 bits per heavy atom. The van der Waals surface area contributed by atoms with Gasteiger partial charge in [-0.25, -0.2) is 0 Å². The van der Waals surface area contributed by atoms with E-state index in [2.05, 4.69) is 40.2 Å². The summed E-state index contributed by atoms with van der Waals surface area (Å²) in [7, 11) is 0. The van der Waals surface area contributed by atoms with Crippen molar-refractivity contribution in [3.63, 3.8) is 0 Å². The predicted molar refractivity (Wildman–Crippen MR) is 184 cm³/mol. The Hall–Kier alpha value is -3.88. The SMILES string of the molecule is O[C@@H](CN(Cc1cccc(CN(C[C@H](O)c2ccccc2)C[C@H](O)C2C=CC=CC2)c1)C[C@H](O)c1ccccc1)c1ccccc1. The first-order valence-electron chi connectivity index (χ1n) is 16.2. The highest BCUT2D eigenvalue weighted by atomic mass is 16.3. The molecule has 0 bridgehead atoms. The summed E-state index contributed by atoms with van der Waals surface area (Å²) >= 11 is 0. The first-order valence-corrected chi connectivity index (χ1v) is 16.2. The van der Waals surface area contributed by atoms with Crippen LogP contribution in [0.15, 0.2) is 140 Å². The molecule has 0 aliphatic heterocycles. The molecule has 4 aromatic carbocycles. The second-order valence-corrected chi connectivity index (χ2v) is 12.3. The molecular formula is C40H46N2O4. The molecule has 46 heavy (non-hydrogen) atoms. The average Bonchev–Trinajstić information content (AvgIpc) is 3.10. The van der Waals surface area contributed by atoms with Crippen LogP contribution in [0.25, 0.3) is 0 Å². The molecule has 1 aliphatic carbocycles. The number of aliphatic hydroxyl groups is 4. The standard InChI is InChI=1S/C40H46N2O4/c43-37(33-16-5-1-6-17-33)27-41(28-38(44)34-18-7-2-8-19-34)25-31-14-13-15-32(24-31)26-42(29-39(45)35-20-9-3-10-21-35)30-40(46)36-22-11-4-12-23-36/h1-22,24,36-40,43-46H,23,25-30H2/t36?,37-,38-,39-,40-/m0/s1. The molecule has 6 heteroatoms. The van der Waals surface area contributed by atoms with E-state index in [0.717, 1.165) is 34.2 Å². The molecule has 0 aromatic heterocycles. The normalized spacial score (nSPS) is 17.2. The van der Waals surface area contributed by atoms with Gasteiger partial charge in [-0.3, -0.25) is 9.80 Å². The van der Waals surface area contributed by atoms with Crippen LogP contribution in [0.1, 0.15) is 52.5 Å². The zero-order chi connectivity index (χ0) is 32.1. The van der Waals surface area contributed by atoms with Gasteiger partial charge in [-0.1, -0.05) is 140 Å². The number of allylic oxidation sites excluding steroid dienone is 3. The molecule has 4 aromatic rings. The van der Waals surface area contributed by atoms with Gasteiger partial charge < -0.3 is 20.4 Å². The van der Waals surface area contributed by atoms with Crippen LogP contribution in [0.5, 0.6) is 0 Å². The van der Waals surface area contributed by atoms with E-state index in [1.54, 1.807) is 0 Å². The smallest absolute Gasteiger partial charge is 0.0917 e. The lowest BCUT2D eigenvalue weighted by Crippen LogP contribution is -2.38. The number of hydrogen-bond donors (Lipinski definition) is 4. The van der Waals surface area contributed by atoms with Crippen LogP contribution < -0.4 is 0 Å². The fourth-order valence-electron chi connectivity index (χ4n) is 6.11. The maximum Gasteiger partial charge on any atom is 0.0917 e. The van der Waals surface area contributed by atoms with Crippen LogP contribution in [0, 0.1) is 5.92 Å². The van der Waals surface area contributed by atoms with Gasteiger partial charge in [0.25, 0.3) is 0 Å². The highest BCUT2D eigenvalue weighted by Crippen LogP contribution is 2.23. The first kappa shape index (κ1) is 33.5. The Morgan fingerprint density at radius 1 is 0.522 bits per heavy atom. The largest absolute Gasteiger partial charge is 0.391 e. The topological polar surface area (TPSA) is 87.4 Å². The lowest BCUT2D eigenvalue weighted by atomic mass is 9.94. The quantitative estimate of drug-likeness (QED) is 0.124. The monoisotopic (exact) mass is 618 g/mol. The van der Waals surface area contributed by atoms with Crippen molar-refractivity contribution in [1.82, 2.24) is 9.80 Å². The molecule has 5 rings (SSSR count). The molecule has 5 atom stereocenters. The van der Waals surface area contributed by atoms with Crippen molar-refractivity contribution in [2.24, 2.45) is 5.92 Å². The Morgan fingerprint density at radius 3 is 1.37 bits per heavy atom. The Labute approximate surface area is 273 Å². The second kappa shape index (κ2) is 17.2. The van der Waals surface area contributed by atoms with Crippen LogP contribution >= 0.6 is 0 Å². The van der Waals surface area contributed by atoms with Gasteiger partial charge in [0.05, 0.1) is 24.4 Å². The molecular weight excluding hydrogens is 572 g/mol. The summed E-state index contributed by atoms with van der Waals surface area (Å²) in [4.78, 5) is 4.22. The van der Waals surface area contributed by atoms with Crippen LogP contribution in [-0.4, -0.2) is 62.5 Å². The minimum Gasteiger partial charge on any atom is -0.391 e. The lowest BCUT2D eigenvalue weighted by Gasteiger charge is -2.31. The number of aliphatic hydroxyl groups excluding tert-OH is 4. The van der Waals surface area contributed by atoms with Gasteiger partial charge in [0, 0.05) is 45.2 Å². The van der Waals surface area contributed by atoms with E-state index in [-0.39, 0.29) is 5.92 Å². The summed E-state index contributed by atoms with van der Waals surface area (Å²) in [6, 6.07) is 37.2. The minimum absolute atomic E-state index is 0.0355. The van der Waals surface area contributed by atoms with E-state index >= 15 is 0 Å². The molecule has 0 heterocycles. The van der Waals surface area contributed by atoms with Crippen LogP contribution in [0.4, 0.5) is 0 Å². The Bertz CT molecular complexity index is 1460. The minimum atomic E-state index is -0.701. The van der Waals surface area contributed by atoms with Crippen molar-refractivity contribution >= 4 is 0 Å². The van der Waals surface area contributed by atoms with Crippen molar-refractivity contribution in [1.29, 1.82) is 0 Å². The fraction of sp³-hybridized carbons (Fsp3) is 0.300. The molecule has 0 spiro atoms. The van der Waals surface area contributed by atoms with Gasteiger partial charge in [0.15, 0.2) is 0 Å². The predicted octanol–water partition coefficient (Wildman–Crippen LogP) is 5.98. The third kappa shape index (κ3) is 10.1. The fourth-order valence-corrected chi connectivity index (χ4v) is 6.11. The third-order valence-corrected chi connectivity index (χ3v) is 8.60. The summed E-state index contributed by atoms with van der Waals surface area (Å²) in [5.74, 6) is 0.0355. The van der Waals surface area contributed by atoms with E-state index in [1.807, 2.05) is 109 Å². The van der Waals surface area contributed by atoms with Crippen molar-refractivity contribution in [3.8, 4) is 0 Å². The van der Waals surface area contributed by atoms with Crippen LogP contribution in [-0.2, 0) is 13.1 Å². The molecule has 240 valence electrons. The molecule has 6 nitrogen and oxygen atoms in total. The molecule has 4 N–H and O–H groups in total. The van der Waals surface area contributed by atoms with E-state index in [0.29, 0.717) is 39.3 Å². The number of benzene rings is 4. The lowest BCUT2D eigenvalue weighted by molar-refractivity contribution is 0.0474. The highest BCUT2D eigenvalue weighted by molar-refractivity contribution is 5.25. The van der Waals surface area contributed by atoms with E-state index in [4.69, 9.17) is 0 Å². The van der Waals surface area contributed by atoms with Gasteiger partial charge >= 0.3 is 0 Å². The molecule has 0 amide bonds. The van der Waals surface area contributed by atoms with Crippen molar-refractivity contribution in [2.75, 3.05) is 26.2 Å². The molecule has 0 fully saturated rings. The average molecular weight is 619 g/mol. The van der Waals surface area contributed by atoms with E-state index < -0.39 is 24.4 Å². The van der Waals surface area contributed by atoms with Gasteiger partial charge in [0.2, 0.25) is 0 Å². The van der Waals surface area contributed by atoms with Gasteiger partial charge in [-0.05, 0) is 34.2 Å². The summed E-state index contributed by atoms with van der Waals surface area (Å²) in [5, 5.41) is 44.5. The molecule has 1 unspecified atom stereocenters. The zero-order valence-electron chi connectivity index (χ0n) is 26.3. The summed E-state index contributed by atoms with van der Waals surface area (Å²) in [6.45, 7) is 2.63. The molecule has 0 saturated heterocycles. The van der Waals surface area contributed by atoms with E-state index in [9.17, 15) is 20.4 Å². The summed E-state index contributed by atoms with van der Waals surface area (Å²) in [5.41, 5.74) is 4.65. The van der Waals surface area contributed by atoms with Crippen LogP contribution in [0.2, 0.25) is 0 Å². The van der Waals surface area contributed by atoms with Crippen molar-refractivity contribution in [2.45, 2.75) is 43.9 Å². The molecule has 0 saturated carbocycles. The number of hydrogen-bond acceptors (Lipinski definition) is 6. The second-order valence-electron chi connectivity index (χ2n) is 12.3. The maximum absolute atomic E-state index is 11.2. The molecule has 1 aliphatic rings. The van der Waals surface area contributed by atoms with Crippen LogP contribution in [0.3, 0.4) is 0 Å². The van der Waals surface area contributed by atoms with Gasteiger partial charge in [0.1, 0.15) is 0 Å². The van der Waals surface area contributed by atoms with Gasteiger partial charge in [-0.2, -0.15) is 0 Å². The summed E-state index contributed by atoms with van der Waals surface area (Å²) < 4.78 is 0. The van der Waals surface area contributed by atoms with E-state index in [1.165, 1.54) is 0 Å². The first-order chi connectivity index (χ1) is 22.4. The van der Waals surface area contributed by atoms with Crippen molar-refractivity contribution < 1.29 is 20.4 Å². The van der Waals surface area contributed by atoms with Gasteiger partial charge in [-0.15, -0.1) is 0 Å².